The number of benzene rings is 3. The summed E-state index contributed by atoms with van der Waals surface area (Å²) in [5.41, 5.74) is 1.03. The molecule has 0 aliphatic rings. The standard InChI is InChI=1S/C25H26ClFN2O3S/c1-18(2)15-24(19-9-5-3-6-10-19)28-25(30)17-29(20-13-14-23(27)22(26)16-20)33(31,32)21-11-7-4-8-12-21/h3-14,16,18,24H,15,17H2,1-2H3,(H,28,30). The molecule has 0 radical (unpaired) electrons. The SMILES string of the molecule is CC(C)CC(NC(=O)CN(c1ccc(F)c(Cl)c1)S(=O)(=O)c1ccccc1)c1ccccc1. The van der Waals surface area contributed by atoms with Crippen LogP contribution in [0.5, 0.6) is 0 Å². The van der Waals surface area contributed by atoms with Crippen molar-refractivity contribution < 1.29 is 17.6 Å². The second kappa shape index (κ2) is 10.8. The summed E-state index contributed by atoms with van der Waals surface area (Å²) in [5.74, 6) is -0.858. The van der Waals surface area contributed by atoms with Crippen LogP contribution in [0.3, 0.4) is 0 Å². The van der Waals surface area contributed by atoms with Crippen molar-refractivity contribution in [2.24, 2.45) is 5.92 Å². The predicted octanol–water partition coefficient (Wildman–Crippen LogP) is 5.58. The Labute approximate surface area is 199 Å². The van der Waals surface area contributed by atoms with E-state index >= 15 is 0 Å². The fraction of sp³-hybridized carbons (Fsp3) is 0.240. The van der Waals surface area contributed by atoms with Crippen molar-refractivity contribution in [1.82, 2.24) is 5.32 Å². The van der Waals surface area contributed by atoms with E-state index in [9.17, 15) is 17.6 Å². The van der Waals surface area contributed by atoms with E-state index in [2.05, 4.69) is 19.2 Å². The van der Waals surface area contributed by atoms with Crippen molar-refractivity contribution >= 4 is 33.2 Å². The summed E-state index contributed by atoms with van der Waals surface area (Å²) in [5, 5.41) is 2.73. The first-order chi connectivity index (χ1) is 15.7. The van der Waals surface area contributed by atoms with E-state index in [0.29, 0.717) is 12.3 Å². The first-order valence-electron chi connectivity index (χ1n) is 10.6. The van der Waals surface area contributed by atoms with Crippen LogP contribution in [0, 0.1) is 11.7 Å². The van der Waals surface area contributed by atoms with Crippen LogP contribution in [0.4, 0.5) is 10.1 Å². The Morgan fingerprint density at radius 1 is 1.00 bits per heavy atom. The molecule has 1 unspecified atom stereocenters. The van der Waals surface area contributed by atoms with Crippen molar-refractivity contribution in [3.63, 3.8) is 0 Å². The molecule has 0 saturated carbocycles. The third-order valence-electron chi connectivity index (χ3n) is 5.05. The summed E-state index contributed by atoms with van der Waals surface area (Å²) in [6.45, 7) is 3.62. The van der Waals surface area contributed by atoms with Gasteiger partial charge in [0.25, 0.3) is 10.0 Å². The second-order valence-corrected chi connectivity index (χ2v) is 10.4. The zero-order valence-corrected chi connectivity index (χ0v) is 20.0. The van der Waals surface area contributed by atoms with E-state index in [4.69, 9.17) is 11.6 Å². The first-order valence-corrected chi connectivity index (χ1v) is 12.4. The number of rotatable bonds is 9. The molecule has 0 saturated heterocycles. The Bertz CT molecular complexity index is 1190. The zero-order chi connectivity index (χ0) is 24.0. The second-order valence-electron chi connectivity index (χ2n) is 8.08. The van der Waals surface area contributed by atoms with Gasteiger partial charge in [0.1, 0.15) is 12.4 Å². The third kappa shape index (κ3) is 6.33. The maximum atomic E-state index is 13.7. The molecule has 0 fully saturated rings. The Hall–Kier alpha value is -2.90. The molecule has 0 aromatic heterocycles. The number of nitrogens with one attached hydrogen (secondary N) is 1. The highest BCUT2D eigenvalue weighted by atomic mass is 35.5. The minimum absolute atomic E-state index is 0.0139. The average molecular weight is 489 g/mol. The van der Waals surface area contributed by atoms with E-state index in [1.807, 2.05) is 30.3 Å². The smallest absolute Gasteiger partial charge is 0.264 e. The number of hydrogen-bond acceptors (Lipinski definition) is 3. The fourth-order valence-electron chi connectivity index (χ4n) is 3.48. The number of nitrogens with zero attached hydrogens (tertiary/aromatic N) is 1. The number of hydrogen-bond donors (Lipinski definition) is 1. The summed E-state index contributed by atoms with van der Waals surface area (Å²) in [4.78, 5) is 13.1. The lowest BCUT2D eigenvalue weighted by molar-refractivity contribution is -0.120. The van der Waals surface area contributed by atoms with Gasteiger partial charge in [0, 0.05) is 0 Å². The van der Waals surface area contributed by atoms with E-state index < -0.39 is 28.3 Å². The highest BCUT2D eigenvalue weighted by Gasteiger charge is 2.28. The van der Waals surface area contributed by atoms with Crippen LogP contribution in [-0.2, 0) is 14.8 Å². The largest absolute Gasteiger partial charge is 0.348 e. The summed E-state index contributed by atoms with van der Waals surface area (Å²) >= 11 is 5.92. The minimum Gasteiger partial charge on any atom is -0.348 e. The molecule has 1 atom stereocenters. The molecule has 1 amide bonds. The monoisotopic (exact) mass is 488 g/mol. The predicted molar refractivity (Wildman–Crippen MR) is 129 cm³/mol. The van der Waals surface area contributed by atoms with E-state index in [0.717, 1.165) is 15.9 Å². The van der Waals surface area contributed by atoms with Gasteiger partial charge in [0.2, 0.25) is 5.91 Å². The minimum atomic E-state index is -4.11. The van der Waals surface area contributed by atoms with Crippen LogP contribution < -0.4 is 9.62 Å². The zero-order valence-electron chi connectivity index (χ0n) is 18.4. The van der Waals surface area contributed by atoms with Crippen LogP contribution in [0.15, 0.2) is 83.8 Å². The lowest BCUT2D eigenvalue weighted by Crippen LogP contribution is -2.42. The molecule has 0 bridgehead atoms. The molecule has 0 spiro atoms. The van der Waals surface area contributed by atoms with Gasteiger partial charge in [0.05, 0.1) is 21.6 Å². The van der Waals surface area contributed by atoms with Gasteiger partial charge in [-0.3, -0.25) is 9.10 Å². The Morgan fingerprint density at radius 3 is 2.18 bits per heavy atom. The molecule has 3 aromatic carbocycles. The van der Waals surface area contributed by atoms with E-state index in [-0.39, 0.29) is 21.6 Å². The molecule has 174 valence electrons. The van der Waals surface area contributed by atoms with Gasteiger partial charge in [-0.25, -0.2) is 12.8 Å². The highest BCUT2D eigenvalue weighted by Crippen LogP contribution is 2.28. The van der Waals surface area contributed by atoms with Crippen molar-refractivity contribution in [3.05, 3.63) is 95.3 Å². The van der Waals surface area contributed by atoms with Gasteiger partial charge in [-0.05, 0) is 48.2 Å². The molecule has 3 rings (SSSR count). The normalized spacial score (nSPS) is 12.4. The lowest BCUT2D eigenvalue weighted by Gasteiger charge is -2.26. The Kier molecular flexibility index (Phi) is 8.10. The number of carbonyl (C=O) groups is 1. The quantitative estimate of drug-likeness (QED) is 0.427. The Balaban J connectivity index is 1.94. The van der Waals surface area contributed by atoms with Crippen LogP contribution in [0.1, 0.15) is 31.9 Å². The third-order valence-corrected chi connectivity index (χ3v) is 7.13. The fourth-order valence-corrected chi connectivity index (χ4v) is 5.09. The Morgan fingerprint density at radius 2 is 1.61 bits per heavy atom. The van der Waals surface area contributed by atoms with Crippen molar-refractivity contribution in [2.75, 3.05) is 10.8 Å². The average Bonchev–Trinajstić information content (AvgIpc) is 2.80. The number of sulfonamides is 1. The molecule has 0 aliphatic heterocycles. The number of carbonyl (C=O) groups excluding carboxylic acids is 1. The topological polar surface area (TPSA) is 66.5 Å². The summed E-state index contributed by atoms with van der Waals surface area (Å²) < 4.78 is 41.5. The molecule has 3 aromatic rings. The lowest BCUT2D eigenvalue weighted by atomic mass is 9.97. The first kappa shape index (κ1) is 24.7. The van der Waals surface area contributed by atoms with Crippen molar-refractivity contribution in [3.8, 4) is 0 Å². The van der Waals surface area contributed by atoms with Gasteiger partial charge in [-0.15, -0.1) is 0 Å². The van der Waals surface area contributed by atoms with Gasteiger partial charge >= 0.3 is 0 Å². The molecule has 0 heterocycles. The molecular weight excluding hydrogens is 463 g/mol. The number of amides is 1. The van der Waals surface area contributed by atoms with Gasteiger partial charge in [-0.1, -0.05) is 74.0 Å². The van der Waals surface area contributed by atoms with Gasteiger partial charge in [-0.2, -0.15) is 0 Å². The molecule has 1 N–H and O–H groups in total. The molecular formula is C25H26ClFN2O3S. The van der Waals surface area contributed by atoms with Crippen molar-refractivity contribution in [2.45, 2.75) is 31.2 Å². The summed E-state index contributed by atoms with van der Waals surface area (Å²) in [6.07, 6.45) is 0.684. The number of halogens is 2. The van der Waals surface area contributed by atoms with Crippen LogP contribution in [0.2, 0.25) is 5.02 Å². The summed E-state index contributed by atoms with van der Waals surface area (Å²) in [6, 6.07) is 20.6. The molecule has 0 aliphatic carbocycles. The molecule has 8 heteroatoms. The van der Waals surface area contributed by atoms with Gasteiger partial charge < -0.3 is 5.32 Å². The van der Waals surface area contributed by atoms with Crippen LogP contribution in [0.25, 0.3) is 0 Å². The van der Waals surface area contributed by atoms with Crippen LogP contribution in [-0.4, -0.2) is 20.9 Å². The highest BCUT2D eigenvalue weighted by molar-refractivity contribution is 7.92. The number of anilines is 1. The molecule has 5 nitrogen and oxygen atoms in total. The van der Waals surface area contributed by atoms with E-state index in [1.54, 1.807) is 18.2 Å². The van der Waals surface area contributed by atoms with Gasteiger partial charge in [0.15, 0.2) is 0 Å². The maximum absolute atomic E-state index is 13.7. The molecule has 33 heavy (non-hydrogen) atoms. The van der Waals surface area contributed by atoms with Crippen LogP contribution >= 0.6 is 11.6 Å². The maximum Gasteiger partial charge on any atom is 0.264 e. The van der Waals surface area contributed by atoms with Crippen molar-refractivity contribution in [1.29, 1.82) is 0 Å². The van der Waals surface area contributed by atoms with E-state index in [1.165, 1.54) is 24.3 Å². The summed E-state index contributed by atoms with van der Waals surface area (Å²) in [7, 11) is -4.11.